The van der Waals surface area contributed by atoms with Crippen molar-refractivity contribution in [3.05, 3.63) is 94.5 Å². The minimum absolute atomic E-state index is 0.139. The molecule has 0 saturated carbocycles. The summed E-state index contributed by atoms with van der Waals surface area (Å²) in [5.41, 5.74) is 2.74. The lowest BCUT2D eigenvalue weighted by Crippen LogP contribution is -2.44. The number of halogens is 1. The van der Waals surface area contributed by atoms with E-state index in [2.05, 4.69) is 10.2 Å². The molecule has 0 spiro atoms. The van der Waals surface area contributed by atoms with E-state index < -0.39 is 5.60 Å². The summed E-state index contributed by atoms with van der Waals surface area (Å²) >= 11 is 6.12. The van der Waals surface area contributed by atoms with Gasteiger partial charge in [0.25, 0.3) is 0 Å². The fraction of sp³-hybridized carbons (Fsp3) is 0.357. The Bertz CT molecular complexity index is 1030. The van der Waals surface area contributed by atoms with E-state index in [9.17, 15) is 10.2 Å². The molecule has 1 heterocycles. The first kappa shape index (κ1) is 23.6. The summed E-state index contributed by atoms with van der Waals surface area (Å²) in [6.07, 6.45) is 2.86. The number of phenolic OH excluding ortho intramolecular Hbond substituents is 1. The molecule has 4 nitrogen and oxygen atoms in total. The van der Waals surface area contributed by atoms with Gasteiger partial charge in [-0.25, -0.2) is 0 Å². The van der Waals surface area contributed by atoms with E-state index in [4.69, 9.17) is 11.6 Å². The molecule has 0 amide bonds. The van der Waals surface area contributed by atoms with Gasteiger partial charge in [-0.15, -0.1) is 0 Å². The van der Waals surface area contributed by atoms with Crippen LogP contribution in [0.4, 0.5) is 5.69 Å². The van der Waals surface area contributed by atoms with Gasteiger partial charge >= 0.3 is 0 Å². The standard InChI is InChI=1S/C28H33ClN2O2/c1-21-8-13-27(32)26(20-21)30-16-5-17-31-18-14-24(15-19-31)28(33,22-6-3-2-4-7-22)23-9-11-25(29)12-10-23/h2-4,6-13,20,24,30,32-33H,5,14-19H2,1H3. The van der Waals surface area contributed by atoms with Crippen molar-refractivity contribution in [3.8, 4) is 5.75 Å². The summed E-state index contributed by atoms with van der Waals surface area (Å²) < 4.78 is 0. The smallest absolute Gasteiger partial charge is 0.138 e. The van der Waals surface area contributed by atoms with Gasteiger partial charge in [-0.05, 0) is 92.7 Å². The zero-order valence-corrected chi connectivity index (χ0v) is 19.9. The van der Waals surface area contributed by atoms with Crippen LogP contribution in [0, 0.1) is 12.8 Å². The number of aliphatic hydroxyl groups is 1. The molecule has 0 aliphatic carbocycles. The Labute approximate surface area is 201 Å². The average Bonchev–Trinajstić information content (AvgIpc) is 2.85. The fourth-order valence-electron chi connectivity index (χ4n) is 4.93. The first-order valence-corrected chi connectivity index (χ1v) is 12.1. The lowest BCUT2D eigenvalue weighted by Gasteiger charge is -2.42. The molecule has 1 fully saturated rings. The molecule has 4 rings (SSSR count). The molecule has 174 valence electrons. The summed E-state index contributed by atoms with van der Waals surface area (Å²) in [4.78, 5) is 2.47. The van der Waals surface area contributed by atoms with E-state index in [1.807, 2.05) is 73.7 Å². The van der Waals surface area contributed by atoms with Gasteiger partial charge in [-0.2, -0.15) is 0 Å². The van der Waals surface area contributed by atoms with Crippen LogP contribution in [0.2, 0.25) is 5.02 Å². The maximum Gasteiger partial charge on any atom is 0.138 e. The maximum absolute atomic E-state index is 12.0. The SMILES string of the molecule is Cc1ccc(O)c(NCCCN2CCC(C(O)(c3ccccc3)c3ccc(Cl)cc3)CC2)c1. The van der Waals surface area contributed by atoms with E-state index in [-0.39, 0.29) is 5.92 Å². The van der Waals surface area contributed by atoms with Crippen molar-refractivity contribution in [1.82, 2.24) is 4.90 Å². The maximum atomic E-state index is 12.0. The average molecular weight is 465 g/mol. The lowest BCUT2D eigenvalue weighted by atomic mass is 9.72. The number of aromatic hydroxyl groups is 1. The van der Waals surface area contributed by atoms with E-state index in [0.29, 0.717) is 10.8 Å². The summed E-state index contributed by atoms with van der Waals surface area (Å²) in [6, 6.07) is 23.2. The van der Waals surface area contributed by atoms with Gasteiger partial charge in [0.2, 0.25) is 0 Å². The number of rotatable bonds is 8. The number of piperidine rings is 1. The monoisotopic (exact) mass is 464 g/mol. The predicted molar refractivity (Wildman–Crippen MR) is 136 cm³/mol. The van der Waals surface area contributed by atoms with Crippen molar-refractivity contribution >= 4 is 17.3 Å². The van der Waals surface area contributed by atoms with Gasteiger partial charge in [-0.1, -0.05) is 60.1 Å². The second-order valence-electron chi connectivity index (χ2n) is 9.06. The van der Waals surface area contributed by atoms with Crippen molar-refractivity contribution < 1.29 is 10.2 Å². The van der Waals surface area contributed by atoms with Crippen molar-refractivity contribution in [2.24, 2.45) is 5.92 Å². The first-order valence-electron chi connectivity index (χ1n) is 11.8. The molecule has 0 bridgehead atoms. The summed E-state index contributed by atoms with van der Waals surface area (Å²) in [5.74, 6) is 0.434. The number of hydrogen-bond donors (Lipinski definition) is 3. The highest BCUT2D eigenvalue weighted by Crippen LogP contribution is 2.42. The Balaban J connectivity index is 1.36. The lowest BCUT2D eigenvalue weighted by molar-refractivity contribution is -0.0141. The summed E-state index contributed by atoms with van der Waals surface area (Å²) in [7, 11) is 0. The van der Waals surface area contributed by atoms with Crippen LogP contribution in [0.15, 0.2) is 72.8 Å². The van der Waals surface area contributed by atoms with Crippen LogP contribution in [0.25, 0.3) is 0 Å². The third kappa shape index (κ3) is 5.52. The molecule has 1 aliphatic heterocycles. The van der Waals surface area contributed by atoms with Crippen LogP contribution in [0.5, 0.6) is 5.75 Å². The predicted octanol–water partition coefficient (Wildman–Crippen LogP) is 5.80. The molecule has 5 heteroatoms. The molecular formula is C28H33ClN2O2. The van der Waals surface area contributed by atoms with Gasteiger partial charge in [-0.3, -0.25) is 0 Å². The van der Waals surface area contributed by atoms with Crippen LogP contribution >= 0.6 is 11.6 Å². The molecule has 1 aliphatic rings. The topological polar surface area (TPSA) is 55.7 Å². The largest absolute Gasteiger partial charge is 0.506 e. The normalized spacial score (nSPS) is 16.9. The number of anilines is 1. The number of nitrogens with one attached hydrogen (secondary N) is 1. The van der Waals surface area contributed by atoms with Gasteiger partial charge in [0.1, 0.15) is 11.4 Å². The van der Waals surface area contributed by atoms with Crippen LogP contribution in [0.3, 0.4) is 0 Å². The Morgan fingerprint density at radius 2 is 1.64 bits per heavy atom. The quantitative estimate of drug-likeness (QED) is 0.291. The molecule has 33 heavy (non-hydrogen) atoms. The van der Waals surface area contributed by atoms with Crippen molar-refractivity contribution in [3.63, 3.8) is 0 Å². The highest BCUT2D eigenvalue weighted by atomic mass is 35.5. The zero-order chi connectivity index (χ0) is 23.3. The van der Waals surface area contributed by atoms with Gasteiger partial charge in [0.05, 0.1) is 5.69 Å². The number of aryl methyl sites for hydroxylation is 1. The first-order chi connectivity index (χ1) is 16.0. The van der Waals surface area contributed by atoms with Crippen molar-refractivity contribution in [1.29, 1.82) is 0 Å². The van der Waals surface area contributed by atoms with Crippen LogP contribution in [0.1, 0.15) is 36.0 Å². The fourth-order valence-corrected chi connectivity index (χ4v) is 5.05. The molecule has 3 aromatic carbocycles. The molecule has 0 aromatic heterocycles. The van der Waals surface area contributed by atoms with Crippen LogP contribution in [-0.2, 0) is 5.60 Å². The number of benzene rings is 3. The molecule has 3 N–H and O–H groups in total. The van der Waals surface area contributed by atoms with E-state index in [1.165, 1.54) is 0 Å². The third-order valence-corrected chi connectivity index (χ3v) is 7.05. The summed E-state index contributed by atoms with van der Waals surface area (Å²) in [5, 5.41) is 26.1. The minimum Gasteiger partial charge on any atom is -0.506 e. The van der Waals surface area contributed by atoms with E-state index in [1.54, 1.807) is 6.07 Å². The molecular weight excluding hydrogens is 432 g/mol. The molecule has 1 atom stereocenters. The minimum atomic E-state index is -1.03. The highest BCUT2D eigenvalue weighted by Gasteiger charge is 2.41. The second-order valence-corrected chi connectivity index (χ2v) is 9.49. The molecule has 3 aromatic rings. The Morgan fingerprint density at radius 1 is 0.970 bits per heavy atom. The highest BCUT2D eigenvalue weighted by molar-refractivity contribution is 6.30. The molecule has 0 radical (unpaired) electrons. The Morgan fingerprint density at radius 3 is 2.33 bits per heavy atom. The van der Waals surface area contributed by atoms with Crippen LogP contribution < -0.4 is 5.32 Å². The summed E-state index contributed by atoms with van der Waals surface area (Å²) in [6.45, 7) is 5.76. The second kappa shape index (κ2) is 10.6. The molecule has 1 saturated heterocycles. The zero-order valence-electron chi connectivity index (χ0n) is 19.2. The third-order valence-electron chi connectivity index (χ3n) is 6.80. The number of nitrogens with zero attached hydrogens (tertiary/aromatic N) is 1. The Kier molecular flexibility index (Phi) is 7.59. The van der Waals surface area contributed by atoms with Crippen molar-refractivity contribution in [2.45, 2.75) is 31.8 Å². The van der Waals surface area contributed by atoms with Crippen molar-refractivity contribution in [2.75, 3.05) is 31.5 Å². The number of likely N-dealkylation sites (tertiary alicyclic amines) is 1. The Hall–Kier alpha value is -2.53. The number of phenols is 1. The van der Waals surface area contributed by atoms with E-state index in [0.717, 1.165) is 67.8 Å². The van der Waals surface area contributed by atoms with Gasteiger partial charge < -0.3 is 20.4 Å². The van der Waals surface area contributed by atoms with E-state index >= 15 is 0 Å². The molecule has 1 unspecified atom stereocenters. The van der Waals surface area contributed by atoms with Crippen LogP contribution in [-0.4, -0.2) is 41.3 Å². The van der Waals surface area contributed by atoms with Gasteiger partial charge in [0.15, 0.2) is 0 Å². The van der Waals surface area contributed by atoms with Gasteiger partial charge in [0, 0.05) is 11.6 Å². The number of hydrogen-bond acceptors (Lipinski definition) is 4.